The number of carbonyl (C=O) groups excluding carboxylic acids is 1. The van der Waals surface area contributed by atoms with Crippen molar-refractivity contribution < 1.29 is 9.18 Å². The number of anilines is 1. The highest BCUT2D eigenvalue weighted by Gasteiger charge is 2.17. The third kappa shape index (κ3) is 4.45. The maximum atomic E-state index is 13.9. The lowest BCUT2D eigenvalue weighted by Gasteiger charge is -2.18. The van der Waals surface area contributed by atoms with E-state index in [9.17, 15) is 9.18 Å². The van der Waals surface area contributed by atoms with Crippen molar-refractivity contribution in [2.24, 2.45) is 0 Å². The van der Waals surface area contributed by atoms with E-state index >= 15 is 0 Å². The summed E-state index contributed by atoms with van der Waals surface area (Å²) in [5.74, 6) is -0.548. The van der Waals surface area contributed by atoms with E-state index in [1.165, 1.54) is 6.07 Å². The zero-order valence-electron chi connectivity index (χ0n) is 13.8. The molecule has 3 rings (SSSR count). The van der Waals surface area contributed by atoms with Gasteiger partial charge in [-0.2, -0.15) is 0 Å². The van der Waals surface area contributed by atoms with Gasteiger partial charge in [0.2, 0.25) is 5.91 Å². The normalized spacial score (nSPS) is 11.8. The first kappa shape index (κ1) is 17.2. The Hall–Kier alpha value is -2.66. The number of hydrogen-bond donors (Lipinski definition) is 2. The van der Waals surface area contributed by atoms with Gasteiger partial charge in [0.1, 0.15) is 5.82 Å². The molecule has 0 saturated carbocycles. The average Bonchev–Trinajstić information content (AvgIpc) is 3.14. The molecule has 128 valence electrons. The number of thiophene rings is 1. The van der Waals surface area contributed by atoms with Crippen LogP contribution in [0.25, 0.3) is 0 Å². The van der Waals surface area contributed by atoms with E-state index in [2.05, 4.69) is 10.6 Å². The lowest BCUT2D eigenvalue weighted by atomic mass is 10.1. The zero-order valence-corrected chi connectivity index (χ0v) is 14.6. The molecule has 0 saturated heterocycles. The Morgan fingerprint density at radius 2 is 1.92 bits per heavy atom. The zero-order chi connectivity index (χ0) is 17.6. The summed E-state index contributed by atoms with van der Waals surface area (Å²) in [7, 11) is 0. The highest BCUT2D eigenvalue weighted by Crippen LogP contribution is 2.25. The van der Waals surface area contributed by atoms with Crippen LogP contribution in [-0.2, 0) is 4.79 Å². The predicted molar refractivity (Wildman–Crippen MR) is 100 cm³/mol. The molecule has 1 amide bonds. The summed E-state index contributed by atoms with van der Waals surface area (Å²) in [6, 6.07) is 18.4. The molecule has 3 nitrogen and oxygen atoms in total. The third-order valence-corrected chi connectivity index (χ3v) is 4.77. The Bertz CT molecular complexity index is 834. The summed E-state index contributed by atoms with van der Waals surface area (Å²) in [6.07, 6.45) is 0. The summed E-state index contributed by atoms with van der Waals surface area (Å²) >= 11 is 1.59. The first-order chi connectivity index (χ1) is 12.1. The van der Waals surface area contributed by atoms with Crippen molar-refractivity contribution in [2.45, 2.75) is 13.0 Å². The molecule has 0 bridgehead atoms. The van der Waals surface area contributed by atoms with Crippen LogP contribution in [0.4, 0.5) is 10.1 Å². The lowest BCUT2D eigenvalue weighted by Crippen LogP contribution is -2.33. The highest BCUT2D eigenvalue weighted by molar-refractivity contribution is 7.10. The first-order valence-electron chi connectivity index (χ1n) is 8.01. The van der Waals surface area contributed by atoms with E-state index in [1.807, 2.05) is 60.8 Å². The molecule has 0 aliphatic rings. The van der Waals surface area contributed by atoms with Crippen LogP contribution in [0.5, 0.6) is 0 Å². The maximum Gasteiger partial charge on any atom is 0.240 e. The monoisotopic (exact) mass is 354 g/mol. The third-order valence-electron chi connectivity index (χ3n) is 3.83. The molecule has 2 aromatic carbocycles. The average molecular weight is 354 g/mol. The van der Waals surface area contributed by atoms with Crippen molar-refractivity contribution in [3.63, 3.8) is 0 Å². The van der Waals surface area contributed by atoms with Gasteiger partial charge in [0.15, 0.2) is 0 Å². The van der Waals surface area contributed by atoms with Crippen LogP contribution in [0, 0.1) is 12.7 Å². The molecule has 3 aromatic rings. The summed E-state index contributed by atoms with van der Waals surface area (Å²) in [5, 5.41) is 7.87. The van der Waals surface area contributed by atoms with Gasteiger partial charge in [0.05, 0.1) is 18.3 Å². The van der Waals surface area contributed by atoms with E-state index in [0.29, 0.717) is 5.69 Å². The standard InChI is InChI=1S/C20H19FN2OS/c1-14-9-10-17(16(21)12-14)22-13-19(24)23-20(18-8-5-11-25-18)15-6-3-2-4-7-15/h2-12,20,22H,13H2,1H3,(H,23,24)/t20-/m0/s1. The van der Waals surface area contributed by atoms with Gasteiger partial charge in [-0.15, -0.1) is 11.3 Å². The number of nitrogens with one attached hydrogen (secondary N) is 2. The molecule has 0 aliphatic heterocycles. The second-order valence-electron chi connectivity index (χ2n) is 5.76. The largest absolute Gasteiger partial charge is 0.374 e. The van der Waals surface area contributed by atoms with Gasteiger partial charge in [-0.1, -0.05) is 42.5 Å². The Balaban J connectivity index is 1.68. The lowest BCUT2D eigenvalue weighted by molar-refractivity contribution is -0.119. The number of rotatable bonds is 6. The molecular weight excluding hydrogens is 335 g/mol. The predicted octanol–water partition coefficient (Wildman–Crippen LogP) is 4.51. The van der Waals surface area contributed by atoms with Crippen LogP contribution in [0.2, 0.25) is 0 Å². The smallest absolute Gasteiger partial charge is 0.240 e. The molecular formula is C20H19FN2OS. The quantitative estimate of drug-likeness (QED) is 0.684. The SMILES string of the molecule is Cc1ccc(NCC(=O)N[C@@H](c2ccccc2)c2cccs2)c(F)c1. The van der Waals surface area contributed by atoms with E-state index in [-0.39, 0.29) is 24.3 Å². The van der Waals surface area contributed by atoms with Crippen molar-refractivity contribution in [2.75, 3.05) is 11.9 Å². The van der Waals surface area contributed by atoms with E-state index in [1.54, 1.807) is 17.4 Å². The van der Waals surface area contributed by atoms with Crippen LogP contribution in [0.1, 0.15) is 22.0 Å². The molecule has 0 unspecified atom stereocenters. The minimum atomic E-state index is -0.356. The fraction of sp³-hybridized carbons (Fsp3) is 0.150. The fourth-order valence-corrected chi connectivity index (χ4v) is 3.37. The van der Waals surface area contributed by atoms with Crippen molar-refractivity contribution in [3.8, 4) is 0 Å². The van der Waals surface area contributed by atoms with E-state index in [4.69, 9.17) is 0 Å². The number of benzene rings is 2. The summed E-state index contributed by atoms with van der Waals surface area (Å²) in [5.41, 5.74) is 2.18. The highest BCUT2D eigenvalue weighted by atomic mass is 32.1. The molecule has 0 radical (unpaired) electrons. The summed E-state index contributed by atoms with van der Waals surface area (Å²) < 4.78 is 13.9. The fourth-order valence-electron chi connectivity index (χ4n) is 2.57. The molecule has 5 heteroatoms. The van der Waals surface area contributed by atoms with Crippen LogP contribution < -0.4 is 10.6 Å². The van der Waals surface area contributed by atoms with Crippen molar-refractivity contribution in [1.82, 2.24) is 5.32 Å². The Morgan fingerprint density at radius 3 is 2.60 bits per heavy atom. The van der Waals surface area contributed by atoms with Gasteiger partial charge in [0, 0.05) is 4.88 Å². The minimum Gasteiger partial charge on any atom is -0.374 e. The van der Waals surface area contributed by atoms with Crippen LogP contribution >= 0.6 is 11.3 Å². The second kappa shape index (κ2) is 7.94. The second-order valence-corrected chi connectivity index (χ2v) is 6.74. The number of hydrogen-bond acceptors (Lipinski definition) is 3. The topological polar surface area (TPSA) is 41.1 Å². The number of aryl methyl sites for hydroxylation is 1. The number of amides is 1. The molecule has 0 aliphatic carbocycles. The van der Waals surface area contributed by atoms with Crippen LogP contribution in [0.3, 0.4) is 0 Å². The molecule has 1 aromatic heterocycles. The van der Waals surface area contributed by atoms with Crippen molar-refractivity contribution in [3.05, 3.63) is 87.9 Å². The molecule has 2 N–H and O–H groups in total. The van der Waals surface area contributed by atoms with Gasteiger partial charge < -0.3 is 10.6 Å². The maximum absolute atomic E-state index is 13.9. The van der Waals surface area contributed by atoms with Crippen LogP contribution in [0.15, 0.2) is 66.0 Å². The number of halogens is 1. The molecule has 1 atom stereocenters. The molecule has 25 heavy (non-hydrogen) atoms. The Kier molecular flexibility index (Phi) is 5.46. The minimum absolute atomic E-state index is 0.00862. The van der Waals surface area contributed by atoms with Gasteiger partial charge in [-0.05, 0) is 41.6 Å². The van der Waals surface area contributed by atoms with Gasteiger partial charge in [-0.3, -0.25) is 4.79 Å². The summed E-state index contributed by atoms with van der Waals surface area (Å²) in [4.78, 5) is 13.4. The first-order valence-corrected chi connectivity index (χ1v) is 8.89. The Labute approximate surface area is 150 Å². The van der Waals surface area contributed by atoms with Gasteiger partial charge in [-0.25, -0.2) is 4.39 Å². The molecule has 0 spiro atoms. The van der Waals surface area contributed by atoms with Gasteiger partial charge in [0.25, 0.3) is 0 Å². The van der Waals surface area contributed by atoms with Crippen molar-refractivity contribution >= 4 is 22.9 Å². The summed E-state index contributed by atoms with van der Waals surface area (Å²) in [6.45, 7) is 1.83. The van der Waals surface area contributed by atoms with Gasteiger partial charge >= 0.3 is 0 Å². The van der Waals surface area contributed by atoms with E-state index in [0.717, 1.165) is 16.0 Å². The molecule has 1 heterocycles. The van der Waals surface area contributed by atoms with Crippen LogP contribution in [-0.4, -0.2) is 12.5 Å². The number of carbonyl (C=O) groups is 1. The van der Waals surface area contributed by atoms with Crippen molar-refractivity contribution in [1.29, 1.82) is 0 Å². The van der Waals surface area contributed by atoms with E-state index < -0.39 is 0 Å². The molecule has 0 fully saturated rings. The Morgan fingerprint density at radius 1 is 1.12 bits per heavy atom.